The molecule has 3 aromatic rings. The van der Waals surface area contributed by atoms with Crippen molar-refractivity contribution in [3.8, 4) is 11.1 Å². The van der Waals surface area contributed by atoms with Gasteiger partial charge in [-0.15, -0.1) is 11.3 Å². The third-order valence-electron chi connectivity index (χ3n) is 4.55. The highest BCUT2D eigenvalue weighted by Crippen LogP contribution is 2.29. The molecule has 0 saturated carbocycles. The number of rotatable bonds is 5. The molecule has 2 amide bonds. The second kappa shape index (κ2) is 8.18. The van der Waals surface area contributed by atoms with Crippen molar-refractivity contribution in [2.75, 3.05) is 18.9 Å². The highest BCUT2D eigenvalue weighted by atomic mass is 32.1. The number of hydrogen-bond acceptors (Lipinski definition) is 3. The summed E-state index contributed by atoms with van der Waals surface area (Å²) in [6.45, 7) is 3.97. The SMILES string of the molecule is Cc1cccc(NC(=O)CN(C)C(=O)c2sccc2-c2ccccc2)c1C. The van der Waals surface area contributed by atoms with E-state index in [1.165, 1.54) is 16.2 Å². The Morgan fingerprint density at radius 1 is 1.00 bits per heavy atom. The highest BCUT2D eigenvalue weighted by Gasteiger charge is 2.20. The Kier molecular flexibility index (Phi) is 5.72. The Morgan fingerprint density at radius 2 is 1.74 bits per heavy atom. The summed E-state index contributed by atoms with van der Waals surface area (Å²) < 4.78 is 0. The standard InChI is InChI=1S/C22H22N2O2S/c1-15-8-7-11-19(16(15)2)23-20(25)14-24(3)22(26)21-18(12-13-27-21)17-9-5-4-6-10-17/h4-13H,14H2,1-3H3,(H,23,25). The van der Waals surface area contributed by atoms with E-state index in [2.05, 4.69) is 5.32 Å². The molecule has 3 rings (SSSR count). The average Bonchev–Trinajstić information content (AvgIpc) is 3.15. The summed E-state index contributed by atoms with van der Waals surface area (Å²) in [5.74, 6) is -0.364. The molecule has 0 aliphatic heterocycles. The molecule has 0 aliphatic carbocycles. The molecule has 0 atom stereocenters. The Balaban J connectivity index is 1.71. The minimum absolute atomic E-state index is 0.00164. The van der Waals surface area contributed by atoms with E-state index < -0.39 is 0 Å². The third kappa shape index (κ3) is 4.26. The smallest absolute Gasteiger partial charge is 0.264 e. The molecule has 27 heavy (non-hydrogen) atoms. The van der Waals surface area contributed by atoms with Crippen LogP contribution in [0, 0.1) is 13.8 Å². The summed E-state index contributed by atoms with van der Waals surface area (Å²) in [7, 11) is 1.65. The predicted molar refractivity (Wildman–Crippen MR) is 111 cm³/mol. The van der Waals surface area contributed by atoms with E-state index in [-0.39, 0.29) is 18.4 Å². The molecule has 0 aliphatic rings. The van der Waals surface area contributed by atoms with Gasteiger partial charge in [-0.05, 0) is 48.1 Å². The molecule has 2 aromatic carbocycles. The molecule has 138 valence electrons. The molecular weight excluding hydrogens is 356 g/mol. The first-order valence-corrected chi connectivity index (χ1v) is 9.60. The second-order valence-electron chi connectivity index (χ2n) is 6.49. The lowest BCUT2D eigenvalue weighted by molar-refractivity contribution is -0.116. The largest absolute Gasteiger partial charge is 0.332 e. The second-order valence-corrected chi connectivity index (χ2v) is 7.40. The van der Waals surface area contributed by atoms with Crippen molar-refractivity contribution in [3.05, 3.63) is 76.0 Å². The molecule has 0 saturated heterocycles. The summed E-state index contributed by atoms with van der Waals surface area (Å²) in [6, 6.07) is 17.5. The van der Waals surface area contributed by atoms with Crippen molar-refractivity contribution in [3.63, 3.8) is 0 Å². The van der Waals surface area contributed by atoms with Crippen molar-refractivity contribution in [1.29, 1.82) is 0 Å². The number of amides is 2. The van der Waals surface area contributed by atoms with Crippen LogP contribution in [-0.4, -0.2) is 30.3 Å². The van der Waals surface area contributed by atoms with E-state index in [9.17, 15) is 9.59 Å². The molecular formula is C22H22N2O2S. The molecule has 4 nitrogen and oxygen atoms in total. The average molecular weight is 378 g/mol. The van der Waals surface area contributed by atoms with Crippen LogP contribution in [-0.2, 0) is 4.79 Å². The van der Waals surface area contributed by atoms with Gasteiger partial charge in [0.2, 0.25) is 5.91 Å². The lowest BCUT2D eigenvalue weighted by atomic mass is 10.1. The van der Waals surface area contributed by atoms with Crippen molar-refractivity contribution in [2.24, 2.45) is 0 Å². The maximum absolute atomic E-state index is 12.9. The van der Waals surface area contributed by atoms with Gasteiger partial charge in [0.1, 0.15) is 0 Å². The zero-order chi connectivity index (χ0) is 19.4. The van der Waals surface area contributed by atoms with E-state index in [1.807, 2.05) is 73.8 Å². The van der Waals surface area contributed by atoms with Gasteiger partial charge in [0, 0.05) is 18.3 Å². The third-order valence-corrected chi connectivity index (χ3v) is 5.45. The Hall–Kier alpha value is -2.92. The van der Waals surface area contributed by atoms with E-state index in [1.54, 1.807) is 7.05 Å². The van der Waals surface area contributed by atoms with Crippen molar-refractivity contribution in [1.82, 2.24) is 4.90 Å². The van der Waals surface area contributed by atoms with Gasteiger partial charge in [0.15, 0.2) is 0 Å². The van der Waals surface area contributed by atoms with Crippen LogP contribution in [0.5, 0.6) is 0 Å². The minimum Gasteiger partial charge on any atom is -0.332 e. The number of carbonyl (C=O) groups is 2. The van der Waals surface area contributed by atoms with E-state index >= 15 is 0 Å². The van der Waals surface area contributed by atoms with E-state index in [0.29, 0.717) is 4.88 Å². The first kappa shape index (κ1) is 18.9. The number of anilines is 1. The van der Waals surface area contributed by atoms with Crippen molar-refractivity contribution >= 4 is 28.8 Å². The van der Waals surface area contributed by atoms with Gasteiger partial charge in [-0.25, -0.2) is 0 Å². The molecule has 0 bridgehead atoms. The number of thiophene rings is 1. The normalized spacial score (nSPS) is 10.5. The molecule has 0 unspecified atom stereocenters. The number of likely N-dealkylation sites (N-methyl/N-ethyl adjacent to an activating group) is 1. The van der Waals surface area contributed by atoms with Crippen LogP contribution in [0.3, 0.4) is 0 Å². The van der Waals surface area contributed by atoms with Crippen LogP contribution in [0.1, 0.15) is 20.8 Å². The number of aryl methyl sites for hydroxylation is 1. The Morgan fingerprint density at radius 3 is 2.48 bits per heavy atom. The fourth-order valence-corrected chi connectivity index (χ4v) is 3.77. The maximum atomic E-state index is 12.9. The number of nitrogens with zero attached hydrogens (tertiary/aromatic N) is 1. The fraction of sp³-hybridized carbons (Fsp3) is 0.182. The quantitative estimate of drug-likeness (QED) is 0.697. The topological polar surface area (TPSA) is 49.4 Å². The van der Waals surface area contributed by atoms with Crippen LogP contribution >= 0.6 is 11.3 Å². The first-order chi connectivity index (χ1) is 13.0. The molecule has 0 fully saturated rings. The summed E-state index contributed by atoms with van der Waals surface area (Å²) >= 11 is 1.39. The summed E-state index contributed by atoms with van der Waals surface area (Å²) in [5.41, 5.74) is 4.82. The van der Waals surface area contributed by atoms with E-state index in [0.717, 1.165) is 27.9 Å². The van der Waals surface area contributed by atoms with Gasteiger partial charge >= 0.3 is 0 Å². The monoisotopic (exact) mass is 378 g/mol. The van der Waals surface area contributed by atoms with Gasteiger partial charge < -0.3 is 10.2 Å². The Bertz CT molecular complexity index is 963. The van der Waals surface area contributed by atoms with Crippen LogP contribution in [0.25, 0.3) is 11.1 Å². The van der Waals surface area contributed by atoms with Crippen LogP contribution in [0.15, 0.2) is 60.0 Å². The first-order valence-electron chi connectivity index (χ1n) is 8.72. The van der Waals surface area contributed by atoms with Crippen molar-refractivity contribution < 1.29 is 9.59 Å². The lowest BCUT2D eigenvalue weighted by Crippen LogP contribution is -2.34. The van der Waals surface area contributed by atoms with Gasteiger partial charge in [-0.3, -0.25) is 9.59 Å². The lowest BCUT2D eigenvalue weighted by Gasteiger charge is -2.18. The molecule has 1 heterocycles. The number of nitrogens with one attached hydrogen (secondary N) is 1. The predicted octanol–water partition coefficient (Wildman–Crippen LogP) is 4.74. The molecule has 1 aromatic heterocycles. The van der Waals surface area contributed by atoms with Crippen LogP contribution in [0.2, 0.25) is 0 Å². The summed E-state index contributed by atoms with van der Waals surface area (Å²) in [4.78, 5) is 27.4. The molecule has 0 radical (unpaired) electrons. The van der Waals surface area contributed by atoms with Gasteiger partial charge in [0.25, 0.3) is 5.91 Å². The van der Waals surface area contributed by atoms with E-state index in [4.69, 9.17) is 0 Å². The minimum atomic E-state index is -0.211. The summed E-state index contributed by atoms with van der Waals surface area (Å²) in [5, 5.41) is 4.80. The van der Waals surface area contributed by atoms with Crippen molar-refractivity contribution in [2.45, 2.75) is 13.8 Å². The summed E-state index contributed by atoms with van der Waals surface area (Å²) in [6.07, 6.45) is 0. The van der Waals surface area contributed by atoms with Crippen LogP contribution < -0.4 is 5.32 Å². The number of benzene rings is 2. The molecule has 0 spiro atoms. The fourth-order valence-electron chi connectivity index (χ4n) is 2.86. The molecule has 5 heteroatoms. The molecule has 1 N–H and O–H groups in total. The number of hydrogen-bond donors (Lipinski definition) is 1. The maximum Gasteiger partial charge on any atom is 0.264 e. The van der Waals surface area contributed by atoms with Gasteiger partial charge in [0.05, 0.1) is 11.4 Å². The number of carbonyl (C=O) groups excluding carboxylic acids is 2. The van der Waals surface area contributed by atoms with Gasteiger partial charge in [-0.2, -0.15) is 0 Å². The highest BCUT2D eigenvalue weighted by molar-refractivity contribution is 7.12. The Labute approximate surface area is 163 Å². The van der Waals surface area contributed by atoms with Crippen LogP contribution in [0.4, 0.5) is 5.69 Å². The zero-order valence-electron chi connectivity index (χ0n) is 15.7. The van der Waals surface area contributed by atoms with Gasteiger partial charge in [-0.1, -0.05) is 42.5 Å². The zero-order valence-corrected chi connectivity index (χ0v) is 16.5.